The maximum absolute atomic E-state index is 13.0. The summed E-state index contributed by atoms with van der Waals surface area (Å²) in [6, 6.07) is 15.5. The van der Waals surface area contributed by atoms with E-state index in [-0.39, 0.29) is 17.4 Å². The number of rotatable bonds is 10. The third-order valence-corrected chi connectivity index (χ3v) is 6.43. The smallest absolute Gasteiger partial charge is 0.243 e. The first-order chi connectivity index (χ1) is 13.2. The van der Waals surface area contributed by atoms with E-state index in [4.69, 9.17) is 11.5 Å². The van der Waals surface area contributed by atoms with Gasteiger partial charge in [0, 0.05) is 24.8 Å². The normalized spacial score (nSPS) is 14.4. The Kier molecular flexibility index (Phi) is 8.00. The molecule has 7 heteroatoms. The van der Waals surface area contributed by atoms with Crippen molar-refractivity contribution in [2.45, 2.75) is 43.7 Å². The van der Waals surface area contributed by atoms with Gasteiger partial charge in [-0.15, -0.1) is 0 Å². The van der Waals surface area contributed by atoms with Crippen molar-refractivity contribution in [2.75, 3.05) is 18.8 Å². The first kappa shape index (κ1) is 22.4. The number of hydrogen-bond acceptors (Lipinski definition) is 5. The van der Waals surface area contributed by atoms with Crippen LogP contribution < -0.4 is 11.5 Å². The molecule has 0 unspecified atom stereocenters. The third kappa shape index (κ3) is 6.31. The molecule has 0 saturated heterocycles. The molecule has 0 amide bonds. The zero-order valence-corrected chi connectivity index (χ0v) is 17.3. The first-order valence-electron chi connectivity index (χ1n) is 9.53. The number of anilines is 1. The lowest BCUT2D eigenvalue weighted by molar-refractivity contribution is 0.113. The Morgan fingerprint density at radius 2 is 1.61 bits per heavy atom. The van der Waals surface area contributed by atoms with E-state index in [2.05, 4.69) is 0 Å². The minimum atomic E-state index is -3.75. The van der Waals surface area contributed by atoms with Crippen LogP contribution in [0.5, 0.6) is 0 Å². The van der Waals surface area contributed by atoms with E-state index in [1.165, 1.54) is 16.4 Å². The summed E-state index contributed by atoms with van der Waals surface area (Å²) >= 11 is 0. The van der Waals surface area contributed by atoms with E-state index in [9.17, 15) is 13.5 Å². The highest BCUT2D eigenvalue weighted by Gasteiger charge is 2.29. The highest BCUT2D eigenvalue weighted by Crippen LogP contribution is 2.20. The van der Waals surface area contributed by atoms with Crippen LogP contribution in [0.15, 0.2) is 59.5 Å². The fourth-order valence-electron chi connectivity index (χ4n) is 2.98. The van der Waals surface area contributed by atoms with Crippen molar-refractivity contribution in [3.63, 3.8) is 0 Å². The number of benzene rings is 2. The number of nitrogens with zero attached hydrogens (tertiary/aromatic N) is 1. The number of nitrogen functional groups attached to an aromatic ring is 1. The van der Waals surface area contributed by atoms with Gasteiger partial charge in [-0.3, -0.25) is 0 Å². The van der Waals surface area contributed by atoms with Gasteiger partial charge in [-0.2, -0.15) is 4.31 Å². The lowest BCUT2D eigenvalue weighted by Crippen LogP contribution is -2.46. The molecule has 0 radical (unpaired) electrons. The lowest BCUT2D eigenvalue weighted by Gasteiger charge is -2.28. The van der Waals surface area contributed by atoms with Crippen molar-refractivity contribution in [1.29, 1.82) is 0 Å². The second-order valence-electron chi connectivity index (χ2n) is 7.54. The van der Waals surface area contributed by atoms with Crippen LogP contribution in [0.2, 0.25) is 0 Å². The van der Waals surface area contributed by atoms with Crippen molar-refractivity contribution < 1.29 is 13.5 Å². The zero-order valence-electron chi connectivity index (χ0n) is 16.5. The Bertz CT molecular complexity index is 824. The second kappa shape index (κ2) is 10.0. The molecule has 0 aliphatic rings. The topological polar surface area (TPSA) is 110 Å². The number of aliphatic hydroxyl groups is 1. The summed E-state index contributed by atoms with van der Waals surface area (Å²) in [5.74, 6) is 0.108. The quantitative estimate of drug-likeness (QED) is 0.525. The van der Waals surface area contributed by atoms with Gasteiger partial charge in [0.1, 0.15) is 0 Å². The van der Waals surface area contributed by atoms with Crippen molar-refractivity contribution in [1.82, 2.24) is 4.31 Å². The molecule has 0 bridgehead atoms. The molecule has 154 valence electrons. The Hall–Kier alpha value is -1.93. The summed E-state index contributed by atoms with van der Waals surface area (Å²) in [5.41, 5.74) is 13.5. The molecule has 0 heterocycles. The number of hydrogen-bond donors (Lipinski definition) is 3. The van der Waals surface area contributed by atoms with Crippen molar-refractivity contribution in [3.8, 4) is 0 Å². The molecular formula is C21H31N3O3S. The summed E-state index contributed by atoms with van der Waals surface area (Å²) in [7, 11) is -3.75. The molecule has 0 aliphatic heterocycles. The van der Waals surface area contributed by atoms with Gasteiger partial charge in [0.05, 0.1) is 11.0 Å². The maximum Gasteiger partial charge on any atom is 0.243 e. The number of nitrogens with two attached hydrogens (primary N) is 2. The lowest BCUT2D eigenvalue weighted by atomic mass is 10.0. The molecule has 2 aromatic carbocycles. The maximum atomic E-state index is 13.0. The van der Waals surface area contributed by atoms with Crippen LogP contribution in [-0.4, -0.2) is 43.1 Å². The minimum absolute atomic E-state index is 0.0408. The molecule has 0 aliphatic carbocycles. The summed E-state index contributed by atoms with van der Waals surface area (Å²) in [6.45, 7) is 4.14. The molecular weight excluding hydrogens is 374 g/mol. The van der Waals surface area contributed by atoms with Crippen LogP contribution in [0.1, 0.15) is 25.8 Å². The molecule has 0 saturated carbocycles. The Labute approximate surface area is 168 Å². The van der Waals surface area contributed by atoms with E-state index in [1.807, 2.05) is 44.2 Å². The van der Waals surface area contributed by atoms with Crippen molar-refractivity contribution in [3.05, 3.63) is 60.2 Å². The Morgan fingerprint density at radius 1 is 1.00 bits per heavy atom. The van der Waals surface area contributed by atoms with E-state index in [0.717, 1.165) is 12.0 Å². The summed E-state index contributed by atoms with van der Waals surface area (Å²) in [5, 5.41) is 10.6. The second-order valence-corrected chi connectivity index (χ2v) is 9.48. The summed E-state index contributed by atoms with van der Waals surface area (Å²) in [6.07, 6.45) is 0.349. The van der Waals surface area contributed by atoms with Gasteiger partial charge in [0.2, 0.25) is 10.0 Å². The van der Waals surface area contributed by atoms with Gasteiger partial charge in [-0.05, 0) is 48.6 Å². The third-order valence-electron chi connectivity index (χ3n) is 4.58. The van der Waals surface area contributed by atoms with Gasteiger partial charge in [0.25, 0.3) is 0 Å². The molecule has 2 rings (SSSR count). The van der Waals surface area contributed by atoms with E-state index >= 15 is 0 Å². The van der Waals surface area contributed by atoms with Gasteiger partial charge < -0.3 is 16.6 Å². The van der Waals surface area contributed by atoms with Gasteiger partial charge in [-0.25, -0.2) is 8.42 Å². The van der Waals surface area contributed by atoms with Gasteiger partial charge >= 0.3 is 0 Å². The molecule has 2 atom stereocenters. The standard InChI is InChI=1S/C21H31N3O3S/c1-16(2)14-24(28(26,27)19-11-9-18(22)10-12-19)15-21(25)20(23)13-8-17-6-4-3-5-7-17/h3-7,9-12,16,20-21,25H,8,13-15,22-23H2,1-2H3/t20-,21+/m0/s1. The van der Waals surface area contributed by atoms with Gasteiger partial charge in [0.15, 0.2) is 0 Å². The predicted octanol–water partition coefficient (Wildman–Crippen LogP) is 2.24. The predicted molar refractivity (Wildman–Crippen MR) is 113 cm³/mol. The minimum Gasteiger partial charge on any atom is -0.399 e. The SMILES string of the molecule is CC(C)CN(C[C@@H](O)[C@@H](N)CCc1ccccc1)S(=O)(=O)c1ccc(N)cc1. The van der Waals surface area contributed by atoms with Crippen molar-refractivity contribution >= 4 is 15.7 Å². The van der Waals surface area contributed by atoms with E-state index < -0.39 is 22.2 Å². The van der Waals surface area contributed by atoms with Crippen LogP contribution in [0.25, 0.3) is 0 Å². The molecule has 5 N–H and O–H groups in total. The van der Waals surface area contributed by atoms with Crippen molar-refractivity contribution in [2.24, 2.45) is 11.7 Å². The van der Waals surface area contributed by atoms with E-state index in [1.54, 1.807) is 12.1 Å². The molecule has 6 nitrogen and oxygen atoms in total. The summed E-state index contributed by atoms with van der Waals surface area (Å²) < 4.78 is 27.4. The Morgan fingerprint density at radius 3 is 2.18 bits per heavy atom. The van der Waals surface area contributed by atoms with Crippen LogP contribution >= 0.6 is 0 Å². The number of aliphatic hydroxyl groups excluding tert-OH is 1. The van der Waals surface area contributed by atoms with Crippen LogP contribution in [0.3, 0.4) is 0 Å². The monoisotopic (exact) mass is 405 g/mol. The highest BCUT2D eigenvalue weighted by atomic mass is 32.2. The fourth-order valence-corrected chi connectivity index (χ4v) is 4.60. The molecule has 2 aromatic rings. The fraction of sp³-hybridized carbons (Fsp3) is 0.429. The van der Waals surface area contributed by atoms with Crippen LogP contribution in [0, 0.1) is 5.92 Å². The molecule has 28 heavy (non-hydrogen) atoms. The largest absolute Gasteiger partial charge is 0.399 e. The first-order valence-corrected chi connectivity index (χ1v) is 11.0. The van der Waals surface area contributed by atoms with Crippen LogP contribution in [-0.2, 0) is 16.4 Å². The Balaban J connectivity index is 2.08. The number of aryl methyl sites for hydroxylation is 1. The molecule has 0 aromatic heterocycles. The molecule has 0 spiro atoms. The van der Waals surface area contributed by atoms with E-state index in [0.29, 0.717) is 18.7 Å². The zero-order chi connectivity index (χ0) is 20.7. The number of sulfonamides is 1. The average molecular weight is 406 g/mol. The average Bonchev–Trinajstić information content (AvgIpc) is 2.66. The molecule has 0 fully saturated rings. The summed E-state index contributed by atoms with van der Waals surface area (Å²) in [4.78, 5) is 0.160. The van der Waals surface area contributed by atoms with Gasteiger partial charge in [-0.1, -0.05) is 44.2 Å². The van der Waals surface area contributed by atoms with Crippen LogP contribution in [0.4, 0.5) is 5.69 Å². The highest BCUT2D eigenvalue weighted by molar-refractivity contribution is 7.89.